The maximum Gasteiger partial charge on any atom is 0.234 e. The van der Waals surface area contributed by atoms with E-state index in [9.17, 15) is 4.79 Å². The molecule has 0 aromatic heterocycles. The van der Waals surface area contributed by atoms with E-state index in [0.29, 0.717) is 17.9 Å². The predicted molar refractivity (Wildman–Crippen MR) is 129 cm³/mol. The van der Waals surface area contributed by atoms with Crippen LogP contribution in [0.4, 0.5) is 0 Å². The molecular formula is C29H32N2O. The minimum atomic E-state index is -0.246. The van der Waals surface area contributed by atoms with Crippen LogP contribution >= 0.6 is 0 Å². The van der Waals surface area contributed by atoms with Crippen LogP contribution in [-0.4, -0.2) is 41.9 Å². The number of hydrogen-bond acceptors (Lipinski definition) is 2. The summed E-state index contributed by atoms with van der Waals surface area (Å²) in [5.41, 5.74) is 3.52. The Hall–Kier alpha value is -2.91. The van der Waals surface area contributed by atoms with E-state index in [4.69, 9.17) is 0 Å². The molecule has 3 heteroatoms. The summed E-state index contributed by atoms with van der Waals surface area (Å²) in [6.07, 6.45) is 2.44. The van der Waals surface area contributed by atoms with Crippen molar-refractivity contribution in [2.24, 2.45) is 11.8 Å². The molecule has 2 unspecified atom stereocenters. The Labute approximate surface area is 191 Å². The van der Waals surface area contributed by atoms with Gasteiger partial charge in [-0.25, -0.2) is 0 Å². The molecule has 1 heterocycles. The van der Waals surface area contributed by atoms with Crippen LogP contribution in [0, 0.1) is 11.8 Å². The zero-order valence-corrected chi connectivity index (χ0v) is 18.8. The topological polar surface area (TPSA) is 23.6 Å². The molecule has 0 radical (unpaired) electrons. The second-order valence-electron chi connectivity index (χ2n) is 9.47. The second-order valence-corrected chi connectivity index (χ2v) is 9.47. The van der Waals surface area contributed by atoms with Gasteiger partial charge in [0.2, 0.25) is 5.91 Å². The van der Waals surface area contributed by atoms with Crippen LogP contribution in [-0.2, 0) is 11.3 Å². The number of nitrogens with zero attached hydrogens (tertiary/aromatic N) is 2. The fourth-order valence-corrected chi connectivity index (χ4v) is 6.01. The van der Waals surface area contributed by atoms with Gasteiger partial charge in [0, 0.05) is 32.7 Å². The normalized spacial score (nSPS) is 22.8. The molecule has 164 valence electrons. The Morgan fingerprint density at radius 2 is 1.28 bits per heavy atom. The van der Waals surface area contributed by atoms with Gasteiger partial charge < -0.3 is 4.90 Å². The van der Waals surface area contributed by atoms with Crippen LogP contribution in [0.1, 0.15) is 35.4 Å². The van der Waals surface area contributed by atoms with Gasteiger partial charge in [-0.1, -0.05) is 91.0 Å². The second kappa shape index (κ2) is 9.30. The van der Waals surface area contributed by atoms with Gasteiger partial charge in [-0.2, -0.15) is 0 Å². The summed E-state index contributed by atoms with van der Waals surface area (Å²) in [7, 11) is 2.05. The van der Waals surface area contributed by atoms with E-state index in [1.807, 2.05) is 43.4 Å². The first-order valence-electron chi connectivity index (χ1n) is 11.8. The molecule has 2 aliphatic rings. The SMILES string of the molecule is CN(C(=O)C(c1ccccc1)c1ccccc1)C1C2CCC1CN(Cc1ccccc1)C2. The van der Waals surface area contributed by atoms with Gasteiger partial charge >= 0.3 is 0 Å². The summed E-state index contributed by atoms with van der Waals surface area (Å²) < 4.78 is 0. The molecular weight excluding hydrogens is 392 g/mol. The van der Waals surface area contributed by atoms with Crippen molar-refractivity contribution in [1.29, 1.82) is 0 Å². The maximum atomic E-state index is 13.9. The molecule has 32 heavy (non-hydrogen) atoms. The van der Waals surface area contributed by atoms with Crippen LogP contribution in [0.2, 0.25) is 0 Å². The fourth-order valence-electron chi connectivity index (χ4n) is 6.01. The van der Waals surface area contributed by atoms with E-state index in [2.05, 4.69) is 64.4 Å². The summed E-state index contributed by atoms with van der Waals surface area (Å²) in [6, 6.07) is 31.6. The van der Waals surface area contributed by atoms with Crippen LogP contribution in [0.5, 0.6) is 0 Å². The average Bonchev–Trinajstić information content (AvgIpc) is 3.11. The Morgan fingerprint density at radius 3 is 1.78 bits per heavy atom. The van der Waals surface area contributed by atoms with Gasteiger partial charge in [0.1, 0.15) is 0 Å². The molecule has 2 bridgehead atoms. The third-order valence-corrected chi connectivity index (χ3v) is 7.42. The molecule has 1 aliphatic carbocycles. The molecule has 1 saturated heterocycles. The molecule has 0 N–H and O–H groups in total. The maximum absolute atomic E-state index is 13.9. The molecule has 3 nitrogen and oxygen atoms in total. The highest BCUT2D eigenvalue weighted by Crippen LogP contribution is 2.41. The van der Waals surface area contributed by atoms with E-state index in [1.165, 1.54) is 18.4 Å². The van der Waals surface area contributed by atoms with Crippen LogP contribution < -0.4 is 0 Å². The van der Waals surface area contributed by atoms with E-state index in [-0.39, 0.29) is 11.8 Å². The van der Waals surface area contributed by atoms with Crippen LogP contribution in [0.3, 0.4) is 0 Å². The summed E-state index contributed by atoms with van der Waals surface area (Å²) in [4.78, 5) is 18.6. The molecule has 3 aromatic carbocycles. The van der Waals surface area contributed by atoms with Gasteiger partial charge in [0.05, 0.1) is 5.92 Å². The standard InChI is InChI=1S/C29H32N2O/c1-30(29(32)27(23-13-7-3-8-14-23)24-15-9-4-10-16-24)28-25-17-18-26(28)21-31(20-25)19-22-11-5-2-6-12-22/h2-16,25-28H,17-21H2,1H3. The van der Waals surface area contributed by atoms with E-state index >= 15 is 0 Å². The van der Waals surface area contributed by atoms with Gasteiger partial charge in [-0.05, 0) is 41.4 Å². The van der Waals surface area contributed by atoms with Crippen molar-refractivity contribution in [1.82, 2.24) is 9.80 Å². The first-order valence-corrected chi connectivity index (χ1v) is 11.8. The number of benzene rings is 3. The number of likely N-dealkylation sites (N-methyl/N-ethyl adjacent to an activating group) is 1. The van der Waals surface area contributed by atoms with Gasteiger partial charge in [0.25, 0.3) is 0 Å². The fraction of sp³-hybridized carbons (Fsp3) is 0.345. The van der Waals surface area contributed by atoms with Crippen LogP contribution in [0.15, 0.2) is 91.0 Å². The smallest absolute Gasteiger partial charge is 0.234 e. The molecule has 1 amide bonds. The summed E-state index contributed by atoms with van der Waals surface area (Å²) in [6.45, 7) is 3.17. The molecule has 0 spiro atoms. The zero-order valence-electron chi connectivity index (χ0n) is 18.8. The van der Waals surface area contributed by atoms with Crippen molar-refractivity contribution in [2.75, 3.05) is 20.1 Å². The summed E-state index contributed by atoms with van der Waals surface area (Å²) in [5, 5.41) is 0. The summed E-state index contributed by atoms with van der Waals surface area (Å²) >= 11 is 0. The number of amides is 1. The Bertz CT molecular complexity index is 967. The van der Waals surface area contributed by atoms with Crippen molar-refractivity contribution in [3.05, 3.63) is 108 Å². The lowest BCUT2D eigenvalue weighted by Crippen LogP contribution is -2.53. The third-order valence-electron chi connectivity index (χ3n) is 7.42. The monoisotopic (exact) mass is 424 g/mol. The number of rotatable bonds is 6. The quantitative estimate of drug-likeness (QED) is 0.544. The largest absolute Gasteiger partial charge is 0.341 e. The highest BCUT2D eigenvalue weighted by molar-refractivity contribution is 5.87. The van der Waals surface area contributed by atoms with Crippen molar-refractivity contribution in [3.8, 4) is 0 Å². The lowest BCUT2D eigenvalue weighted by molar-refractivity contribution is -0.135. The predicted octanol–water partition coefficient (Wildman–Crippen LogP) is 5.19. The molecule has 1 aliphatic heterocycles. The van der Waals surface area contributed by atoms with Gasteiger partial charge in [-0.3, -0.25) is 9.69 Å². The Kier molecular flexibility index (Phi) is 6.09. The van der Waals surface area contributed by atoms with Gasteiger partial charge in [-0.15, -0.1) is 0 Å². The molecule has 1 saturated carbocycles. The Balaban J connectivity index is 1.35. The highest BCUT2D eigenvalue weighted by Gasteiger charge is 2.46. The highest BCUT2D eigenvalue weighted by atomic mass is 16.2. The van der Waals surface area contributed by atoms with Gasteiger partial charge in [0.15, 0.2) is 0 Å². The third kappa shape index (κ3) is 4.22. The van der Waals surface area contributed by atoms with Crippen molar-refractivity contribution in [2.45, 2.75) is 31.3 Å². The number of carbonyl (C=O) groups excluding carboxylic acids is 1. The number of hydrogen-bond donors (Lipinski definition) is 0. The lowest BCUT2D eigenvalue weighted by atomic mass is 9.86. The first-order chi connectivity index (χ1) is 15.7. The van der Waals surface area contributed by atoms with Crippen LogP contribution in [0.25, 0.3) is 0 Å². The molecule has 5 rings (SSSR count). The number of fused-ring (bicyclic) bond motifs is 2. The number of piperidine rings is 1. The number of carbonyl (C=O) groups is 1. The van der Waals surface area contributed by atoms with E-state index in [0.717, 1.165) is 30.8 Å². The minimum Gasteiger partial charge on any atom is -0.341 e. The van der Waals surface area contributed by atoms with E-state index in [1.54, 1.807) is 0 Å². The van der Waals surface area contributed by atoms with Crippen molar-refractivity contribution in [3.63, 3.8) is 0 Å². The van der Waals surface area contributed by atoms with Crippen molar-refractivity contribution < 1.29 is 4.79 Å². The minimum absolute atomic E-state index is 0.223. The molecule has 2 atom stereocenters. The zero-order chi connectivity index (χ0) is 21.9. The summed E-state index contributed by atoms with van der Waals surface area (Å²) in [5.74, 6) is 1.09. The van der Waals surface area contributed by atoms with Crippen molar-refractivity contribution >= 4 is 5.91 Å². The molecule has 2 fully saturated rings. The Morgan fingerprint density at radius 1 is 0.812 bits per heavy atom. The first kappa shape index (κ1) is 21.0. The lowest BCUT2D eigenvalue weighted by Gasteiger charge is -2.43. The average molecular weight is 425 g/mol. The molecule has 3 aromatic rings. The van der Waals surface area contributed by atoms with E-state index < -0.39 is 0 Å². The number of likely N-dealkylation sites (tertiary alicyclic amines) is 1.